The SMILES string of the molecule is CCN(CC(NC)c1ccccc1)c1cccc(F)c1. The summed E-state index contributed by atoms with van der Waals surface area (Å²) in [5.41, 5.74) is 2.16. The molecule has 0 amide bonds. The van der Waals surface area contributed by atoms with Crippen LogP contribution >= 0.6 is 0 Å². The van der Waals surface area contributed by atoms with Crippen LogP contribution in [0.5, 0.6) is 0 Å². The normalized spacial score (nSPS) is 12.2. The van der Waals surface area contributed by atoms with Crippen LogP contribution in [0.1, 0.15) is 18.5 Å². The van der Waals surface area contributed by atoms with Gasteiger partial charge in [0, 0.05) is 24.8 Å². The van der Waals surface area contributed by atoms with E-state index in [1.165, 1.54) is 11.6 Å². The molecule has 1 unspecified atom stereocenters. The molecule has 1 N–H and O–H groups in total. The van der Waals surface area contributed by atoms with Gasteiger partial charge in [0.2, 0.25) is 0 Å². The minimum absolute atomic E-state index is 0.193. The van der Waals surface area contributed by atoms with Crippen LogP contribution in [0.15, 0.2) is 54.6 Å². The zero-order valence-corrected chi connectivity index (χ0v) is 12.0. The Kier molecular flexibility index (Phi) is 5.13. The van der Waals surface area contributed by atoms with Crippen LogP contribution in [0.4, 0.5) is 10.1 Å². The Hall–Kier alpha value is -1.87. The van der Waals surface area contributed by atoms with Crippen LogP contribution in [0.2, 0.25) is 0 Å². The largest absolute Gasteiger partial charge is 0.370 e. The van der Waals surface area contributed by atoms with Gasteiger partial charge in [-0.05, 0) is 37.7 Å². The lowest BCUT2D eigenvalue weighted by atomic mass is 10.1. The first-order valence-electron chi connectivity index (χ1n) is 6.97. The highest BCUT2D eigenvalue weighted by Gasteiger charge is 2.14. The van der Waals surface area contributed by atoms with Crippen molar-refractivity contribution in [2.24, 2.45) is 0 Å². The number of likely N-dealkylation sites (N-methyl/N-ethyl adjacent to an activating group) is 2. The number of hydrogen-bond acceptors (Lipinski definition) is 2. The summed E-state index contributed by atoms with van der Waals surface area (Å²) in [6.45, 7) is 3.73. The molecule has 0 heterocycles. The van der Waals surface area contributed by atoms with Gasteiger partial charge in [-0.25, -0.2) is 4.39 Å². The lowest BCUT2D eigenvalue weighted by Gasteiger charge is -2.28. The Bertz CT molecular complexity index is 528. The molecule has 2 rings (SSSR count). The van der Waals surface area contributed by atoms with Gasteiger partial charge in [0.25, 0.3) is 0 Å². The van der Waals surface area contributed by atoms with Gasteiger partial charge < -0.3 is 10.2 Å². The number of rotatable bonds is 6. The van der Waals surface area contributed by atoms with Crippen molar-refractivity contribution < 1.29 is 4.39 Å². The summed E-state index contributed by atoms with van der Waals surface area (Å²) in [5, 5.41) is 3.33. The Morgan fingerprint density at radius 3 is 2.45 bits per heavy atom. The monoisotopic (exact) mass is 272 g/mol. The highest BCUT2D eigenvalue weighted by atomic mass is 19.1. The van der Waals surface area contributed by atoms with Crippen LogP contribution in [0, 0.1) is 5.82 Å². The summed E-state index contributed by atoms with van der Waals surface area (Å²) in [5.74, 6) is -0.193. The molecule has 2 aromatic carbocycles. The van der Waals surface area contributed by atoms with Gasteiger partial charge in [-0.15, -0.1) is 0 Å². The predicted molar refractivity (Wildman–Crippen MR) is 82.5 cm³/mol. The first-order chi connectivity index (χ1) is 9.74. The molecule has 106 valence electrons. The number of nitrogens with one attached hydrogen (secondary N) is 1. The Morgan fingerprint density at radius 2 is 1.85 bits per heavy atom. The molecule has 0 aromatic heterocycles. The summed E-state index contributed by atoms with van der Waals surface area (Å²) < 4.78 is 13.4. The Morgan fingerprint density at radius 1 is 1.10 bits per heavy atom. The predicted octanol–water partition coefficient (Wildman–Crippen LogP) is 3.61. The summed E-state index contributed by atoms with van der Waals surface area (Å²) in [4.78, 5) is 2.18. The quantitative estimate of drug-likeness (QED) is 0.864. The first kappa shape index (κ1) is 14.5. The molecule has 0 aliphatic heterocycles. The zero-order chi connectivity index (χ0) is 14.4. The van der Waals surface area contributed by atoms with E-state index in [1.54, 1.807) is 12.1 Å². The van der Waals surface area contributed by atoms with Crippen molar-refractivity contribution in [3.63, 3.8) is 0 Å². The van der Waals surface area contributed by atoms with Gasteiger partial charge >= 0.3 is 0 Å². The van der Waals surface area contributed by atoms with Gasteiger partial charge in [0.1, 0.15) is 5.82 Å². The lowest BCUT2D eigenvalue weighted by molar-refractivity contribution is 0.575. The van der Waals surface area contributed by atoms with E-state index < -0.39 is 0 Å². The zero-order valence-electron chi connectivity index (χ0n) is 12.0. The van der Waals surface area contributed by atoms with Crippen molar-refractivity contribution in [1.29, 1.82) is 0 Å². The smallest absolute Gasteiger partial charge is 0.125 e. The molecule has 0 saturated carbocycles. The molecular formula is C17H21FN2. The van der Waals surface area contributed by atoms with E-state index in [0.29, 0.717) is 0 Å². The fraction of sp³-hybridized carbons (Fsp3) is 0.294. The lowest BCUT2D eigenvalue weighted by Crippen LogP contribution is -2.33. The molecule has 20 heavy (non-hydrogen) atoms. The van der Waals surface area contributed by atoms with E-state index >= 15 is 0 Å². The Balaban J connectivity index is 2.16. The maximum absolute atomic E-state index is 13.4. The third-order valence-corrected chi connectivity index (χ3v) is 3.51. The van der Waals surface area contributed by atoms with E-state index in [4.69, 9.17) is 0 Å². The number of hydrogen-bond donors (Lipinski definition) is 1. The van der Waals surface area contributed by atoms with Crippen molar-refractivity contribution in [2.75, 3.05) is 25.0 Å². The number of benzene rings is 2. The second-order valence-corrected chi connectivity index (χ2v) is 4.77. The molecule has 0 aliphatic rings. The van der Waals surface area contributed by atoms with Crippen molar-refractivity contribution in [3.05, 3.63) is 66.0 Å². The summed E-state index contributed by atoms with van der Waals surface area (Å²) in [6.07, 6.45) is 0. The average Bonchev–Trinajstić information content (AvgIpc) is 2.49. The van der Waals surface area contributed by atoms with E-state index in [-0.39, 0.29) is 11.9 Å². The molecule has 0 bridgehead atoms. The molecule has 0 aliphatic carbocycles. The second-order valence-electron chi connectivity index (χ2n) is 4.77. The summed E-state index contributed by atoms with van der Waals surface area (Å²) in [7, 11) is 1.96. The van der Waals surface area contributed by atoms with Gasteiger partial charge in [-0.3, -0.25) is 0 Å². The molecule has 0 radical (unpaired) electrons. The molecule has 1 atom stereocenters. The third kappa shape index (κ3) is 3.58. The third-order valence-electron chi connectivity index (χ3n) is 3.51. The Labute approximate surface area is 120 Å². The molecule has 0 saturated heterocycles. The van der Waals surface area contributed by atoms with Gasteiger partial charge in [0.15, 0.2) is 0 Å². The molecule has 2 aromatic rings. The van der Waals surface area contributed by atoms with Crippen LogP contribution in [-0.2, 0) is 0 Å². The van der Waals surface area contributed by atoms with E-state index in [2.05, 4.69) is 29.3 Å². The number of nitrogens with zero attached hydrogens (tertiary/aromatic N) is 1. The summed E-state index contributed by atoms with van der Waals surface area (Å²) >= 11 is 0. The number of anilines is 1. The minimum Gasteiger partial charge on any atom is -0.370 e. The summed E-state index contributed by atoms with van der Waals surface area (Å²) in [6, 6.07) is 17.3. The van der Waals surface area contributed by atoms with Crippen LogP contribution < -0.4 is 10.2 Å². The van der Waals surface area contributed by atoms with Crippen molar-refractivity contribution in [2.45, 2.75) is 13.0 Å². The van der Waals surface area contributed by atoms with E-state index in [0.717, 1.165) is 18.8 Å². The second kappa shape index (κ2) is 7.06. The highest BCUT2D eigenvalue weighted by Crippen LogP contribution is 2.20. The number of halogens is 1. The van der Waals surface area contributed by atoms with E-state index in [9.17, 15) is 4.39 Å². The fourth-order valence-corrected chi connectivity index (χ4v) is 2.36. The van der Waals surface area contributed by atoms with Crippen molar-refractivity contribution >= 4 is 5.69 Å². The van der Waals surface area contributed by atoms with Crippen LogP contribution in [0.3, 0.4) is 0 Å². The van der Waals surface area contributed by atoms with Gasteiger partial charge in [0.05, 0.1) is 0 Å². The molecule has 0 fully saturated rings. The molecule has 0 spiro atoms. The maximum atomic E-state index is 13.4. The standard InChI is InChI=1S/C17H21FN2/c1-3-20(16-11-7-10-15(18)12-16)13-17(19-2)14-8-5-4-6-9-14/h4-12,17,19H,3,13H2,1-2H3. The molecule has 3 heteroatoms. The fourth-order valence-electron chi connectivity index (χ4n) is 2.36. The minimum atomic E-state index is -0.193. The van der Waals surface area contributed by atoms with Crippen LogP contribution in [0.25, 0.3) is 0 Å². The van der Waals surface area contributed by atoms with Crippen molar-refractivity contribution in [3.8, 4) is 0 Å². The van der Waals surface area contributed by atoms with Gasteiger partial charge in [-0.1, -0.05) is 36.4 Å². The van der Waals surface area contributed by atoms with Crippen LogP contribution in [-0.4, -0.2) is 20.1 Å². The highest BCUT2D eigenvalue weighted by molar-refractivity contribution is 5.46. The van der Waals surface area contributed by atoms with Crippen molar-refractivity contribution in [1.82, 2.24) is 5.32 Å². The van der Waals surface area contributed by atoms with E-state index in [1.807, 2.05) is 31.3 Å². The average molecular weight is 272 g/mol. The van der Waals surface area contributed by atoms with Gasteiger partial charge in [-0.2, -0.15) is 0 Å². The first-order valence-corrected chi connectivity index (χ1v) is 6.97. The topological polar surface area (TPSA) is 15.3 Å². The maximum Gasteiger partial charge on any atom is 0.125 e. The molecular weight excluding hydrogens is 251 g/mol. The molecule has 2 nitrogen and oxygen atoms in total.